The van der Waals surface area contributed by atoms with Gasteiger partial charge < -0.3 is 9.80 Å². The van der Waals surface area contributed by atoms with Crippen LogP contribution in [0.4, 0.5) is 15.8 Å². The lowest BCUT2D eigenvalue weighted by atomic mass is 9.91. The number of anilines is 2. The Labute approximate surface area is 198 Å². The Hall–Kier alpha value is -2.81. The predicted molar refractivity (Wildman–Crippen MR) is 136 cm³/mol. The first-order chi connectivity index (χ1) is 15.3. The van der Waals surface area contributed by atoms with Crippen LogP contribution in [0.3, 0.4) is 0 Å². The molecule has 0 aliphatic carbocycles. The van der Waals surface area contributed by atoms with Crippen LogP contribution in [0.5, 0.6) is 0 Å². The van der Waals surface area contributed by atoms with Gasteiger partial charge in [0.15, 0.2) is 5.82 Å². The van der Waals surface area contributed by atoms with Crippen molar-refractivity contribution >= 4 is 11.4 Å². The maximum absolute atomic E-state index is 16.7. The second-order valence-electron chi connectivity index (χ2n) is 11.6. The van der Waals surface area contributed by atoms with Crippen LogP contribution in [0.25, 0.3) is 0 Å². The van der Waals surface area contributed by atoms with Crippen LogP contribution in [-0.2, 0) is 22.2 Å². The lowest BCUT2D eigenvalue weighted by molar-refractivity contribution is 0.384. The molecule has 2 nitrogen and oxygen atoms in total. The third kappa shape index (κ3) is 2.71. The third-order valence-electron chi connectivity index (χ3n) is 8.17. The SMILES string of the molecule is CC1(C)c2ccccc2C(C)(C)N1c1cccc(N2C(C)(C)c3ccccc3C2(C)C)c1F. The summed E-state index contributed by atoms with van der Waals surface area (Å²) in [6.07, 6.45) is 0. The number of rotatable bonds is 2. The minimum Gasteiger partial charge on any atom is -0.351 e. The number of hydrogen-bond acceptors (Lipinski definition) is 2. The molecule has 0 amide bonds. The molecule has 0 N–H and O–H groups in total. The van der Waals surface area contributed by atoms with Crippen molar-refractivity contribution in [3.05, 3.63) is 94.8 Å². The van der Waals surface area contributed by atoms with E-state index in [4.69, 9.17) is 0 Å². The normalized spacial score (nSPS) is 21.1. The summed E-state index contributed by atoms with van der Waals surface area (Å²) >= 11 is 0. The summed E-state index contributed by atoms with van der Waals surface area (Å²) in [6.45, 7) is 17.6. The van der Waals surface area contributed by atoms with E-state index in [2.05, 4.69) is 114 Å². The van der Waals surface area contributed by atoms with Crippen LogP contribution in [-0.4, -0.2) is 0 Å². The first-order valence-electron chi connectivity index (χ1n) is 11.9. The Kier molecular flexibility index (Phi) is 4.42. The van der Waals surface area contributed by atoms with E-state index in [0.717, 1.165) is 0 Å². The number of nitrogens with zero attached hydrogens (tertiary/aromatic N) is 2. The summed E-state index contributed by atoms with van der Waals surface area (Å²) in [5, 5.41) is 0. The molecule has 5 rings (SSSR count). The zero-order valence-corrected chi connectivity index (χ0v) is 21.1. The van der Waals surface area contributed by atoms with Crippen molar-refractivity contribution in [3.63, 3.8) is 0 Å². The summed E-state index contributed by atoms with van der Waals surface area (Å²) in [5.41, 5.74) is 5.00. The lowest BCUT2D eigenvalue weighted by Crippen LogP contribution is -2.48. The van der Waals surface area contributed by atoms with Gasteiger partial charge in [0.1, 0.15) is 0 Å². The number of halogens is 1. The summed E-state index contributed by atoms with van der Waals surface area (Å²) < 4.78 is 16.7. The number of fused-ring (bicyclic) bond motifs is 2. The molecule has 0 saturated carbocycles. The van der Waals surface area contributed by atoms with E-state index in [1.165, 1.54) is 22.3 Å². The van der Waals surface area contributed by atoms with E-state index >= 15 is 4.39 Å². The van der Waals surface area contributed by atoms with Gasteiger partial charge in [0.25, 0.3) is 0 Å². The van der Waals surface area contributed by atoms with E-state index in [0.29, 0.717) is 11.4 Å². The Bertz CT molecular complexity index is 1090. The Morgan fingerprint density at radius 3 is 1.00 bits per heavy atom. The Morgan fingerprint density at radius 2 is 0.727 bits per heavy atom. The predicted octanol–water partition coefficient (Wildman–Crippen LogP) is 7.81. The molecule has 0 atom stereocenters. The quantitative estimate of drug-likeness (QED) is 0.399. The highest BCUT2D eigenvalue weighted by Crippen LogP contribution is 2.56. The minimum absolute atomic E-state index is 0.152. The molecule has 2 heterocycles. The van der Waals surface area contributed by atoms with Gasteiger partial charge >= 0.3 is 0 Å². The summed E-state index contributed by atoms with van der Waals surface area (Å²) in [5.74, 6) is -0.152. The minimum atomic E-state index is -0.335. The number of hydrogen-bond donors (Lipinski definition) is 0. The monoisotopic (exact) mass is 442 g/mol. The Balaban J connectivity index is 1.70. The molecule has 0 radical (unpaired) electrons. The summed E-state index contributed by atoms with van der Waals surface area (Å²) in [6, 6.07) is 23.0. The molecular formula is C30H35FN2. The zero-order chi connectivity index (χ0) is 24.0. The van der Waals surface area contributed by atoms with Crippen LogP contribution < -0.4 is 9.80 Å². The Morgan fingerprint density at radius 1 is 0.455 bits per heavy atom. The average Bonchev–Trinajstić information content (AvgIpc) is 3.02. The molecule has 0 bridgehead atoms. The first-order valence-corrected chi connectivity index (χ1v) is 11.9. The standard InChI is InChI=1S/C30H35FN2/c1-27(2)20-14-9-10-15-21(20)28(3,4)32(27)24-18-13-19-25(26(24)31)33-29(5,6)22-16-11-12-17-23(22)30(33,7)8/h9-19H,1-8H3. The van der Waals surface area contributed by atoms with Gasteiger partial charge in [0.05, 0.1) is 33.5 Å². The molecule has 3 heteroatoms. The fraction of sp³-hybridized carbons (Fsp3) is 0.400. The highest BCUT2D eigenvalue weighted by atomic mass is 19.1. The van der Waals surface area contributed by atoms with Crippen molar-refractivity contribution in [2.24, 2.45) is 0 Å². The van der Waals surface area contributed by atoms with Gasteiger partial charge in [0, 0.05) is 0 Å². The second kappa shape index (κ2) is 6.62. The van der Waals surface area contributed by atoms with Gasteiger partial charge in [-0.15, -0.1) is 0 Å². The maximum atomic E-state index is 16.7. The molecule has 3 aromatic carbocycles. The van der Waals surface area contributed by atoms with Crippen molar-refractivity contribution in [2.45, 2.75) is 77.5 Å². The molecule has 2 aliphatic heterocycles. The van der Waals surface area contributed by atoms with Gasteiger partial charge in [-0.05, 0) is 89.8 Å². The van der Waals surface area contributed by atoms with Crippen LogP contribution in [0.1, 0.15) is 77.6 Å². The third-order valence-corrected chi connectivity index (χ3v) is 8.17. The van der Waals surface area contributed by atoms with E-state index in [1.807, 2.05) is 18.2 Å². The van der Waals surface area contributed by atoms with Crippen LogP contribution >= 0.6 is 0 Å². The molecule has 0 aromatic heterocycles. The highest BCUT2D eigenvalue weighted by molar-refractivity contribution is 5.71. The highest BCUT2D eigenvalue weighted by Gasteiger charge is 2.52. The van der Waals surface area contributed by atoms with Gasteiger partial charge in [0.2, 0.25) is 0 Å². The van der Waals surface area contributed by atoms with Gasteiger partial charge in [-0.3, -0.25) is 0 Å². The van der Waals surface area contributed by atoms with Crippen molar-refractivity contribution in [2.75, 3.05) is 9.80 Å². The first kappa shape index (κ1) is 22.0. The van der Waals surface area contributed by atoms with E-state index < -0.39 is 0 Å². The molecular weight excluding hydrogens is 407 g/mol. The fourth-order valence-corrected chi connectivity index (χ4v) is 7.04. The van der Waals surface area contributed by atoms with Crippen molar-refractivity contribution in [1.29, 1.82) is 0 Å². The van der Waals surface area contributed by atoms with E-state index in [1.54, 1.807) is 0 Å². The lowest BCUT2D eigenvalue weighted by Gasteiger charge is -2.46. The molecule has 33 heavy (non-hydrogen) atoms. The van der Waals surface area contributed by atoms with Crippen molar-refractivity contribution in [1.82, 2.24) is 0 Å². The van der Waals surface area contributed by atoms with Gasteiger partial charge in [-0.1, -0.05) is 54.6 Å². The summed E-state index contributed by atoms with van der Waals surface area (Å²) in [4.78, 5) is 4.54. The molecule has 0 unspecified atom stereocenters. The second-order valence-corrected chi connectivity index (χ2v) is 11.6. The topological polar surface area (TPSA) is 6.48 Å². The van der Waals surface area contributed by atoms with Gasteiger partial charge in [-0.2, -0.15) is 0 Å². The van der Waals surface area contributed by atoms with E-state index in [9.17, 15) is 0 Å². The molecule has 0 fully saturated rings. The van der Waals surface area contributed by atoms with Crippen molar-refractivity contribution in [3.8, 4) is 0 Å². The van der Waals surface area contributed by atoms with Crippen molar-refractivity contribution < 1.29 is 4.39 Å². The largest absolute Gasteiger partial charge is 0.351 e. The van der Waals surface area contributed by atoms with Crippen LogP contribution in [0.2, 0.25) is 0 Å². The molecule has 0 saturated heterocycles. The van der Waals surface area contributed by atoms with E-state index in [-0.39, 0.29) is 28.0 Å². The smallest absolute Gasteiger partial charge is 0.169 e. The fourth-order valence-electron chi connectivity index (χ4n) is 7.04. The molecule has 172 valence electrons. The molecule has 3 aromatic rings. The van der Waals surface area contributed by atoms with Crippen LogP contribution in [0, 0.1) is 5.82 Å². The van der Waals surface area contributed by atoms with Crippen LogP contribution in [0.15, 0.2) is 66.7 Å². The molecule has 2 aliphatic rings. The average molecular weight is 443 g/mol. The maximum Gasteiger partial charge on any atom is 0.169 e. The number of benzene rings is 3. The molecule has 0 spiro atoms. The van der Waals surface area contributed by atoms with Gasteiger partial charge in [-0.25, -0.2) is 4.39 Å². The summed E-state index contributed by atoms with van der Waals surface area (Å²) in [7, 11) is 0. The zero-order valence-electron chi connectivity index (χ0n) is 21.1.